The first-order valence-electron chi connectivity index (χ1n) is 5.38. The fourth-order valence-corrected chi connectivity index (χ4v) is 1.27. The van der Waals surface area contributed by atoms with Crippen molar-refractivity contribution in [1.82, 2.24) is 0 Å². The van der Waals surface area contributed by atoms with E-state index < -0.39 is 0 Å². The van der Waals surface area contributed by atoms with Crippen LogP contribution in [-0.4, -0.2) is 11.0 Å². The first-order chi connectivity index (χ1) is 7.65. The Balaban J connectivity index is 0.000000365. The van der Waals surface area contributed by atoms with Gasteiger partial charge in [0.2, 0.25) is 0 Å². The molecule has 0 bridgehead atoms. The predicted molar refractivity (Wildman–Crippen MR) is 69.8 cm³/mol. The fourth-order valence-electron chi connectivity index (χ4n) is 1.01. The molecule has 1 unspecified atom stereocenters. The van der Waals surface area contributed by atoms with E-state index in [0.29, 0.717) is 0 Å². The van der Waals surface area contributed by atoms with E-state index in [1.54, 1.807) is 0 Å². The number of hydrogen-bond acceptors (Lipinski definition) is 2. The van der Waals surface area contributed by atoms with Gasteiger partial charge in [-0.25, -0.2) is 0 Å². The van der Waals surface area contributed by atoms with Crippen LogP contribution < -0.4 is 5.73 Å². The van der Waals surface area contributed by atoms with Gasteiger partial charge < -0.3 is 10.9 Å². The maximum atomic E-state index is 8.47. The summed E-state index contributed by atoms with van der Waals surface area (Å²) >= 11 is 3.34. The van der Waals surface area contributed by atoms with Crippen molar-refractivity contribution >= 4 is 21.8 Å². The number of halogens is 1. The molecule has 1 aromatic carbocycles. The van der Waals surface area contributed by atoms with Gasteiger partial charge in [-0.05, 0) is 17.7 Å². The van der Waals surface area contributed by atoms with Crippen LogP contribution in [0.25, 0.3) is 0 Å². The van der Waals surface area contributed by atoms with E-state index in [1.807, 2.05) is 31.2 Å². The van der Waals surface area contributed by atoms with Crippen LogP contribution in [0.5, 0.6) is 0 Å². The number of amidine groups is 1. The normalized spacial score (nSPS) is 16.0. The summed E-state index contributed by atoms with van der Waals surface area (Å²) < 4.78 is 1.02. The summed E-state index contributed by atoms with van der Waals surface area (Å²) in [6, 6.07) is 7.73. The molecule has 1 aliphatic rings. The minimum atomic E-state index is -0.0573. The van der Waals surface area contributed by atoms with Crippen LogP contribution in [0, 0.1) is 0 Å². The van der Waals surface area contributed by atoms with Crippen LogP contribution in [0.2, 0.25) is 0 Å². The molecule has 0 spiro atoms. The Bertz CT molecular complexity index is 344. The van der Waals surface area contributed by atoms with Crippen LogP contribution >= 0.6 is 15.9 Å². The Morgan fingerprint density at radius 1 is 1.31 bits per heavy atom. The standard InChI is InChI=1S/C9H11BrN2O.C3H6/c1-6(9(11)12-13)7-2-4-8(10)5-3-7;1-2-3-1/h2-6,13H,1H3,(H2,11,12);1-3H2. The molecular formula is C12H17BrN2O. The minimum Gasteiger partial charge on any atom is -0.409 e. The zero-order valence-corrected chi connectivity index (χ0v) is 10.9. The van der Waals surface area contributed by atoms with Gasteiger partial charge >= 0.3 is 0 Å². The lowest BCUT2D eigenvalue weighted by atomic mass is 10.0. The van der Waals surface area contributed by atoms with Gasteiger partial charge in [0.05, 0.1) is 0 Å². The van der Waals surface area contributed by atoms with E-state index in [9.17, 15) is 0 Å². The van der Waals surface area contributed by atoms with Gasteiger partial charge in [0.1, 0.15) is 5.84 Å². The fraction of sp³-hybridized carbons (Fsp3) is 0.417. The summed E-state index contributed by atoms with van der Waals surface area (Å²) in [5.41, 5.74) is 6.50. The Hall–Kier alpha value is -1.03. The second kappa shape index (κ2) is 6.53. The first-order valence-corrected chi connectivity index (χ1v) is 6.17. The van der Waals surface area contributed by atoms with Crippen molar-refractivity contribution in [2.24, 2.45) is 10.9 Å². The highest BCUT2D eigenvalue weighted by molar-refractivity contribution is 9.10. The Morgan fingerprint density at radius 2 is 1.81 bits per heavy atom. The van der Waals surface area contributed by atoms with E-state index >= 15 is 0 Å². The maximum Gasteiger partial charge on any atom is 0.146 e. The van der Waals surface area contributed by atoms with Crippen molar-refractivity contribution in [3.63, 3.8) is 0 Å². The van der Waals surface area contributed by atoms with Gasteiger partial charge in [0.25, 0.3) is 0 Å². The van der Waals surface area contributed by atoms with Crippen LogP contribution in [0.4, 0.5) is 0 Å². The van der Waals surface area contributed by atoms with E-state index in [-0.39, 0.29) is 11.8 Å². The van der Waals surface area contributed by atoms with E-state index in [0.717, 1.165) is 10.0 Å². The Morgan fingerprint density at radius 3 is 2.19 bits per heavy atom. The third kappa shape index (κ3) is 4.66. The van der Waals surface area contributed by atoms with E-state index in [2.05, 4.69) is 21.1 Å². The maximum absolute atomic E-state index is 8.47. The van der Waals surface area contributed by atoms with Crippen molar-refractivity contribution in [3.8, 4) is 0 Å². The van der Waals surface area contributed by atoms with Crippen LogP contribution in [-0.2, 0) is 0 Å². The lowest BCUT2D eigenvalue weighted by molar-refractivity contribution is 0.316. The van der Waals surface area contributed by atoms with Gasteiger partial charge in [0, 0.05) is 10.4 Å². The van der Waals surface area contributed by atoms with Gasteiger partial charge in [-0.3, -0.25) is 0 Å². The number of nitrogens with zero attached hydrogens (tertiary/aromatic N) is 1. The van der Waals surface area contributed by atoms with E-state index in [1.165, 1.54) is 19.3 Å². The summed E-state index contributed by atoms with van der Waals surface area (Å²) in [6.45, 7) is 1.89. The molecular weight excluding hydrogens is 268 g/mol. The topological polar surface area (TPSA) is 58.6 Å². The molecule has 1 aliphatic carbocycles. The average Bonchev–Trinajstić information content (AvgIpc) is 3.15. The third-order valence-corrected chi connectivity index (χ3v) is 2.81. The molecule has 16 heavy (non-hydrogen) atoms. The van der Waals surface area contributed by atoms with Crippen molar-refractivity contribution in [3.05, 3.63) is 34.3 Å². The molecule has 88 valence electrons. The van der Waals surface area contributed by atoms with Gasteiger partial charge in [0.15, 0.2) is 0 Å². The summed E-state index contributed by atoms with van der Waals surface area (Å²) in [5, 5.41) is 11.4. The molecule has 0 aromatic heterocycles. The molecule has 3 nitrogen and oxygen atoms in total. The quantitative estimate of drug-likeness (QED) is 0.378. The molecule has 0 radical (unpaired) electrons. The van der Waals surface area contributed by atoms with Gasteiger partial charge in [-0.15, -0.1) is 0 Å². The highest BCUT2D eigenvalue weighted by Gasteiger charge is 2.09. The van der Waals surface area contributed by atoms with Crippen LogP contribution in [0.3, 0.4) is 0 Å². The highest BCUT2D eigenvalue weighted by Crippen LogP contribution is 2.18. The van der Waals surface area contributed by atoms with Gasteiger partial charge in [-0.1, -0.05) is 59.4 Å². The molecule has 0 saturated heterocycles. The minimum absolute atomic E-state index is 0.0573. The number of benzene rings is 1. The number of rotatable bonds is 2. The molecule has 2 rings (SSSR count). The molecule has 0 aliphatic heterocycles. The molecule has 1 fully saturated rings. The molecule has 1 atom stereocenters. The SMILES string of the molecule is C1CC1.CC(/C(N)=N/O)c1ccc(Br)cc1. The molecule has 4 heteroatoms. The zero-order valence-electron chi connectivity index (χ0n) is 9.36. The molecule has 0 heterocycles. The average molecular weight is 285 g/mol. The monoisotopic (exact) mass is 284 g/mol. The predicted octanol–water partition coefficient (Wildman–Crippen LogP) is 3.47. The van der Waals surface area contributed by atoms with Crippen molar-refractivity contribution < 1.29 is 5.21 Å². The lowest BCUT2D eigenvalue weighted by Gasteiger charge is -2.09. The van der Waals surface area contributed by atoms with Crippen molar-refractivity contribution in [1.29, 1.82) is 0 Å². The molecule has 1 saturated carbocycles. The van der Waals surface area contributed by atoms with Crippen molar-refractivity contribution in [2.45, 2.75) is 32.1 Å². The Labute approximate surface area is 104 Å². The number of oxime groups is 1. The van der Waals surface area contributed by atoms with Gasteiger partial charge in [-0.2, -0.15) is 0 Å². The lowest BCUT2D eigenvalue weighted by Crippen LogP contribution is -2.19. The highest BCUT2D eigenvalue weighted by atomic mass is 79.9. The second-order valence-electron chi connectivity index (χ2n) is 3.86. The largest absolute Gasteiger partial charge is 0.409 e. The summed E-state index contributed by atoms with van der Waals surface area (Å²) in [7, 11) is 0. The number of hydrogen-bond donors (Lipinski definition) is 2. The molecule has 0 amide bonds. The van der Waals surface area contributed by atoms with E-state index in [4.69, 9.17) is 10.9 Å². The smallest absolute Gasteiger partial charge is 0.146 e. The summed E-state index contributed by atoms with van der Waals surface area (Å²) in [6.07, 6.45) is 4.50. The third-order valence-electron chi connectivity index (χ3n) is 2.28. The number of nitrogens with two attached hydrogens (primary N) is 1. The zero-order chi connectivity index (χ0) is 12.0. The second-order valence-corrected chi connectivity index (χ2v) is 4.77. The molecule has 3 N–H and O–H groups in total. The van der Waals surface area contributed by atoms with Crippen LogP contribution in [0.15, 0.2) is 33.9 Å². The summed E-state index contributed by atoms with van der Waals surface area (Å²) in [5.74, 6) is 0.167. The first kappa shape index (κ1) is 13.0. The Kier molecular flexibility index (Phi) is 5.32. The van der Waals surface area contributed by atoms with Crippen molar-refractivity contribution in [2.75, 3.05) is 0 Å². The van der Waals surface area contributed by atoms with Crippen LogP contribution in [0.1, 0.15) is 37.7 Å². The summed E-state index contributed by atoms with van der Waals surface area (Å²) in [4.78, 5) is 0. The molecule has 1 aromatic rings.